The maximum atomic E-state index is 11.5. The molecule has 0 saturated carbocycles. The fourth-order valence-corrected chi connectivity index (χ4v) is 5.52. The van der Waals surface area contributed by atoms with Crippen molar-refractivity contribution in [1.82, 2.24) is 20.7 Å². The molecule has 0 aromatic carbocycles. The van der Waals surface area contributed by atoms with Crippen LogP contribution in [0.3, 0.4) is 0 Å². The minimum absolute atomic E-state index is 0.125. The SMILES string of the molecule is C=O.CC.CC(C)(C)CF.CC(C)=N.CCCC1=C(C(C)CN)CCN(NC)[C@@H]1C.CCCN(CC)C/C(COC)=C(/C=C(C)/C(=C/NC)C(C)=C(C)C)OC. The minimum atomic E-state index is -0.229. The smallest absolute Gasteiger partial charge is 0.121 e. The minimum Gasteiger partial charge on any atom is -0.497 e. The first-order valence-electron chi connectivity index (χ1n) is 20.7. The van der Waals surface area contributed by atoms with Crippen LogP contribution in [0.15, 0.2) is 57.0 Å². The van der Waals surface area contributed by atoms with Crippen LogP contribution in [-0.4, -0.2) is 103 Å². The molecule has 1 aliphatic heterocycles. The summed E-state index contributed by atoms with van der Waals surface area (Å²) in [5.74, 6) is 1.44. The third-order valence-corrected chi connectivity index (χ3v) is 8.67. The van der Waals surface area contributed by atoms with E-state index in [1.165, 1.54) is 47.1 Å². The Morgan fingerprint density at radius 1 is 1.07 bits per heavy atom. The molecule has 0 aromatic heterocycles. The van der Waals surface area contributed by atoms with Crippen molar-refractivity contribution < 1.29 is 18.7 Å². The number of hydrogen-bond acceptors (Lipinski definition) is 9. The van der Waals surface area contributed by atoms with E-state index in [1.54, 1.807) is 39.2 Å². The standard InChI is InChI=1S/C22H40N2O2.C13H27N3.C5H11F.C3H7N.C2H6.CH2O/c1-10-12-24(11-2)15-20(16-25-8)22(26-9)13-18(5)21(14-23-7)19(6)17(3)4;1-5-6-13-11(3)16(15-4)8-7-12(13)10(2)9-14;1-5(2,3)4-6;1-3(2)4;2*1-2/h13-14,23H,10-12,15-16H2,1-9H3;10-11,15H,5-9,14H2,1-4H3;4H2,1-3H3;4H,1-2H3;1-2H3;1H2/b18-13+,21-14-,22-20+;;;;;/t;10?,11-;;;;/m.1..../s1. The maximum absolute atomic E-state index is 11.5. The van der Waals surface area contributed by atoms with Crippen molar-refractivity contribution in [3.05, 3.63) is 57.0 Å². The van der Waals surface area contributed by atoms with Crippen LogP contribution in [0.4, 0.5) is 4.39 Å². The Balaban J connectivity index is -0.000000243. The summed E-state index contributed by atoms with van der Waals surface area (Å²) in [5.41, 5.74) is 19.0. The predicted molar refractivity (Wildman–Crippen MR) is 246 cm³/mol. The van der Waals surface area contributed by atoms with E-state index >= 15 is 0 Å². The summed E-state index contributed by atoms with van der Waals surface area (Å²) >= 11 is 0. The van der Waals surface area contributed by atoms with Crippen molar-refractivity contribution in [3.63, 3.8) is 0 Å². The number of nitrogens with two attached hydrogens (primary N) is 1. The molecule has 0 saturated heterocycles. The molecule has 1 rings (SSSR count). The summed E-state index contributed by atoms with van der Waals surface area (Å²) in [7, 11) is 7.41. The molecule has 0 fully saturated rings. The van der Waals surface area contributed by atoms with Crippen molar-refractivity contribution in [2.45, 2.75) is 143 Å². The van der Waals surface area contributed by atoms with Crippen LogP contribution in [0.1, 0.15) is 136 Å². The second kappa shape index (κ2) is 39.2. The monoisotopic (exact) mass is 797 g/mol. The number of methoxy groups -OCH3 is 2. The molecule has 0 aliphatic carbocycles. The summed E-state index contributed by atoms with van der Waals surface area (Å²) in [6.45, 7) is 40.0. The van der Waals surface area contributed by atoms with E-state index in [0.29, 0.717) is 24.3 Å². The normalized spacial score (nSPS) is 15.4. The summed E-state index contributed by atoms with van der Waals surface area (Å²) in [4.78, 5) is 10.4. The van der Waals surface area contributed by atoms with Gasteiger partial charge in [-0.2, -0.15) is 0 Å². The van der Waals surface area contributed by atoms with E-state index in [0.717, 1.165) is 44.9 Å². The lowest BCUT2D eigenvalue weighted by Gasteiger charge is -2.38. The third-order valence-electron chi connectivity index (χ3n) is 8.67. The van der Waals surface area contributed by atoms with Gasteiger partial charge in [-0.25, -0.2) is 5.01 Å². The molecule has 10 heteroatoms. The van der Waals surface area contributed by atoms with Gasteiger partial charge >= 0.3 is 0 Å². The fraction of sp³-hybridized carbons (Fsp3) is 0.739. The van der Waals surface area contributed by atoms with Crippen LogP contribution in [0.2, 0.25) is 0 Å². The van der Waals surface area contributed by atoms with Crippen molar-refractivity contribution in [2.75, 3.05) is 74.3 Å². The first-order chi connectivity index (χ1) is 26.3. The van der Waals surface area contributed by atoms with Gasteiger partial charge in [-0.3, -0.25) is 14.7 Å². The molecule has 9 nitrogen and oxygen atoms in total. The molecule has 2 atom stereocenters. The Hall–Kier alpha value is -2.63. The molecule has 1 aliphatic rings. The number of nitrogens with one attached hydrogen (secondary N) is 3. The Morgan fingerprint density at radius 2 is 1.59 bits per heavy atom. The van der Waals surface area contributed by atoms with Crippen LogP contribution < -0.4 is 16.5 Å². The average molecular weight is 797 g/mol. The number of halogens is 1. The highest BCUT2D eigenvalue weighted by atomic mass is 19.1. The first kappa shape index (κ1) is 62.6. The Labute approximate surface area is 347 Å². The number of likely N-dealkylation sites (N-methyl/N-ethyl adjacent to an activating group) is 1. The van der Waals surface area contributed by atoms with E-state index in [2.05, 4.69) is 89.0 Å². The van der Waals surface area contributed by atoms with Gasteiger partial charge in [0.2, 0.25) is 0 Å². The second-order valence-corrected chi connectivity index (χ2v) is 15.2. The topological polar surface area (TPSA) is 116 Å². The van der Waals surface area contributed by atoms with Crippen LogP contribution in [0, 0.1) is 16.7 Å². The fourth-order valence-electron chi connectivity index (χ4n) is 5.52. The van der Waals surface area contributed by atoms with Crippen LogP contribution in [0.5, 0.6) is 0 Å². The molecule has 5 N–H and O–H groups in total. The Morgan fingerprint density at radius 3 is 1.93 bits per heavy atom. The molecular weight excluding hydrogens is 704 g/mol. The van der Waals surface area contributed by atoms with Crippen LogP contribution in [-0.2, 0) is 14.3 Å². The summed E-state index contributed by atoms with van der Waals surface area (Å²) < 4.78 is 22.7. The zero-order valence-electron chi connectivity index (χ0n) is 40.4. The van der Waals surface area contributed by atoms with Crippen molar-refractivity contribution in [2.24, 2.45) is 17.1 Å². The summed E-state index contributed by atoms with van der Waals surface area (Å²) in [6.07, 6.45) is 8.91. The lowest BCUT2D eigenvalue weighted by atomic mass is 9.84. The highest BCUT2D eigenvalue weighted by Gasteiger charge is 2.26. The maximum Gasteiger partial charge on any atom is 0.121 e. The zero-order valence-corrected chi connectivity index (χ0v) is 40.4. The van der Waals surface area contributed by atoms with Crippen molar-refractivity contribution in [3.8, 4) is 0 Å². The molecule has 56 heavy (non-hydrogen) atoms. The number of carbonyl (C=O) groups excluding carboxylic acids is 1. The van der Waals surface area contributed by atoms with Gasteiger partial charge in [-0.15, -0.1) is 0 Å². The molecule has 0 aromatic rings. The third kappa shape index (κ3) is 30.5. The largest absolute Gasteiger partial charge is 0.497 e. The number of ether oxygens (including phenoxy) is 2. The number of carbonyl (C=O) groups is 1. The lowest BCUT2D eigenvalue weighted by molar-refractivity contribution is -0.0980. The predicted octanol–water partition coefficient (Wildman–Crippen LogP) is 10.5. The molecule has 0 spiro atoms. The van der Waals surface area contributed by atoms with Gasteiger partial charge in [0.25, 0.3) is 0 Å². The Bertz CT molecular complexity index is 1150. The molecule has 0 radical (unpaired) electrons. The van der Waals surface area contributed by atoms with Crippen LogP contribution >= 0.6 is 0 Å². The summed E-state index contributed by atoms with van der Waals surface area (Å²) in [6, 6.07) is 0.516. The van der Waals surface area contributed by atoms with Crippen molar-refractivity contribution in [1.29, 1.82) is 5.41 Å². The highest BCUT2D eigenvalue weighted by Crippen LogP contribution is 2.30. The molecule has 1 unspecified atom stereocenters. The Kier molecular flexibility index (Phi) is 43.8. The number of nitrogens with zero attached hydrogens (tertiary/aromatic N) is 2. The molecule has 0 bridgehead atoms. The first-order valence-corrected chi connectivity index (χ1v) is 20.7. The number of hydrazine groups is 1. The summed E-state index contributed by atoms with van der Waals surface area (Å²) in [5, 5.41) is 12.0. The molecule has 0 amide bonds. The van der Waals surface area contributed by atoms with Gasteiger partial charge in [0, 0.05) is 50.8 Å². The van der Waals surface area contributed by atoms with Gasteiger partial charge in [-0.05, 0) is 129 Å². The molecular formula is C46H93FN6O3. The number of hydrogen-bond donors (Lipinski definition) is 4. The van der Waals surface area contributed by atoms with Crippen LogP contribution in [0.25, 0.3) is 0 Å². The highest BCUT2D eigenvalue weighted by molar-refractivity contribution is 5.75. The van der Waals surface area contributed by atoms with Gasteiger partial charge in [-0.1, -0.05) is 85.5 Å². The molecule has 1 heterocycles. The van der Waals surface area contributed by atoms with E-state index in [1.807, 2.05) is 61.7 Å². The van der Waals surface area contributed by atoms with E-state index < -0.39 is 0 Å². The number of rotatable bonds is 17. The quantitative estimate of drug-likeness (QED) is 0.0498. The van der Waals surface area contributed by atoms with Gasteiger partial charge in [0.15, 0.2) is 0 Å². The molecule has 332 valence electrons. The zero-order chi connectivity index (χ0) is 45.0. The van der Waals surface area contributed by atoms with Crippen molar-refractivity contribution >= 4 is 12.5 Å². The van der Waals surface area contributed by atoms with E-state index in [4.69, 9.17) is 25.4 Å². The number of allylic oxidation sites excluding steroid dienone is 5. The second-order valence-electron chi connectivity index (χ2n) is 15.2. The van der Waals surface area contributed by atoms with E-state index in [9.17, 15) is 4.39 Å². The van der Waals surface area contributed by atoms with Gasteiger partial charge < -0.3 is 30.7 Å². The number of alkyl halides is 1. The van der Waals surface area contributed by atoms with Gasteiger partial charge in [0.05, 0.1) is 20.4 Å². The van der Waals surface area contributed by atoms with Gasteiger partial charge in [0.1, 0.15) is 12.5 Å². The lowest BCUT2D eigenvalue weighted by Crippen LogP contribution is -2.47. The average Bonchev–Trinajstić information content (AvgIpc) is 3.17. The van der Waals surface area contributed by atoms with E-state index in [-0.39, 0.29) is 12.1 Å².